The third-order valence-electron chi connectivity index (χ3n) is 2.47. The maximum absolute atomic E-state index is 12.0. The molecule has 94 valence electrons. The van der Waals surface area contributed by atoms with Crippen molar-refractivity contribution in [2.45, 2.75) is 19.9 Å². The second kappa shape index (κ2) is 6.81. The number of carbonyl (C=O) groups is 1. The van der Waals surface area contributed by atoms with Gasteiger partial charge in [0.25, 0.3) is 5.91 Å². The summed E-state index contributed by atoms with van der Waals surface area (Å²) in [5.74, 6) is 0.569. The molecule has 0 spiro atoms. The van der Waals surface area contributed by atoms with Gasteiger partial charge in [-0.2, -0.15) is 0 Å². The van der Waals surface area contributed by atoms with E-state index in [1.54, 1.807) is 12.1 Å². The highest BCUT2D eigenvalue weighted by atomic mass is 127. The predicted octanol–water partition coefficient (Wildman–Crippen LogP) is 3.94. The summed E-state index contributed by atoms with van der Waals surface area (Å²) in [6.45, 7) is 4.04. The lowest BCUT2D eigenvalue weighted by Gasteiger charge is -2.19. The Kier molecular flexibility index (Phi) is 6.03. The molecule has 0 aliphatic rings. The molecule has 0 radical (unpaired) electrons. The first-order valence-corrected chi connectivity index (χ1v) is 7.26. The fourth-order valence-electron chi connectivity index (χ4n) is 1.27. The normalized spacial score (nSPS) is 12.6. The number of halogens is 3. The number of hydrogen-bond donors (Lipinski definition) is 1. The maximum Gasteiger partial charge on any atom is 0.251 e. The van der Waals surface area contributed by atoms with E-state index in [2.05, 4.69) is 27.9 Å². The molecule has 0 fully saturated rings. The zero-order valence-electron chi connectivity index (χ0n) is 9.64. The van der Waals surface area contributed by atoms with Crippen molar-refractivity contribution in [3.63, 3.8) is 0 Å². The van der Waals surface area contributed by atoms with Crippen LogP contribution in [0.15, 0.2) is 18.2 Å². The van der Waals surface area contributed by atoms with E-state index >= 15 is 0 Å². The van der Waals surface area contributed by atoms with Gasteiger partial charge in [0, 0.05) is 21.1 Å². The Hall–Kier alpha value is -0.0000000000000000555. The Morgan fingerprint density at radius 1 is 1.47 bits per heavy atom. The molecule has 1 atom stereocenters. The molecule has 0 bridgehead atoms. The summed E-state index contributed by atoms with van der Waals surface area (Å²) in [4.78, 5) is 12.0. The Morgan fingerprint density at radius 3 is 2.59 bits per heavy atom. The highest BCUT2D eigenvalue weighted by Crippen LogP contribution is 2.19. The summed E-state index contributed by atoms with van der Waals surface area (Å²) in [6, 6.07) is 5.23. The summed E-state index contributed by atoms with van der Waals surface area (Å²) in [7, 11) is 0. The zero-order valence-corrected chi connectivity index (χ0v) is 13.3. The number of rotatable bonds is 4. The average molecular weight is 386 g/mol. The Labute approximate surface area is 125 Å². The lowest BCUT2D eigenvalue weighted by Crippen LogP contribution is -2.39. The number of carbonyl (C=O) groups excluding carboxylic acids is 1. The second-order valence-electron chi connectivity index (χ2n) is 4.11. The van der Waals surface area contributed by atoms with Crippen molar-refractivity contribution >= 4 is 51.7 Å². The molecule has 1 aromatic carbocycles. The van der Waals surface area contributed by atoms with Gasteiger partial charge in [0.05, 0.1) is 5.02 Å². The van der Waals surface area contributed by atoms with Gasteiger partial charge in [-0.05, 0) is 46.7 Å². The average Bonchev–Trinajstić information content (AvgIpc) is 2.28. The van der Waals surface area contributed by atoms with Crippen LogP contribution in [0, 0.1) is 9.49 Å². The van der Waals surface area contributed by atoms with Crippen molar-refractivity contribution in [3.05, 3.63) is 32.4 Å². The Morgan fingerprint density at radius 2 is 2.12 bits per heavy atom. The molecule has 0 aromatic heterocycles. The number of benzene rings is 1. The highest BCUT2D eigenvalue weighted by molar-refractivity contribution is 14.1. The van der Waals surface area contributed by atoms with Crippen LogP contribution < -0.4 is 5.32 Å². The van der Waals surface area contributed by atoms with Gasteiger partial charge in [0.2, 0.25) is 0 Å². The Balaban J connectivity index is 2.79. The molecule has 1 unspecified atom stereocenters. The number of nitrogens with one attached hydrogen (secondary N) is 1. The van der Waals surface area contributed by atoms with Crippen molar-refractivity contribution in [2.24, 2.45) is 5.92 Å². The van der Waals surface area contributed by atoms with Crippen molar-refractivity contribution in [1.29, 1.82) is 0 Å². The number of alkyl halides is 1. The largest absolute Gasteiger partial charge is 0.348 e. The van der Waals surface area contributed by atoms with Crippen molar-refractivity contribution in [2.75, 3.05) is 5.88 Å². The van der Waals surface area contributed by atoms with Gasteiger partial charge in [-0.3, -0.25) is 4.79 Å². The van der Waals surface area contributed by atoms with E-state index in [-0.39, 0.29) is 11.9 Å². The molecule has 5 heteroatoms. The molecule has 2 nitrogen and oxygen atoms in total. The maximum atomic E-state index is 12.0. The van der Waals surface area contributed by atoms with Crippen LogP contribution in [0.3, 0.4) is 0 Å². The molecule has 1 N–H and O–H groups in total. The molecule has 1 aromatic rings. The zero-order chi connectivity index (χ0) is 13.0. The van der Waals surface area contributed by atoms with Gasteiger partial charge >= 0.3 is 0 Å². The van der Waals surface area contributed by atoms with Gasteiger partial charge < -0.3 is 5.32 Å². The van der Waals surface area contributed by atoms with Crippen LogP contribution in [0.1, 0.15) is 24.2 Å². The number of amides is 1. The van der Waals surface area contributed by atoms with E-state index in [9.17, 15) is 4.79 Å². The Bertz CT molecular complexity index is 409. The molecule has 0 heterocycles. The molecule has 17 heavy (non-hydrogen) atoms. The van der Waals surface area contributed by atoms with Crippen LogP contribution >= 0.6 is 45.8 Å². The SMILES string of the molecule is CC(C)C(CCl)NC(=O)c1ccc(I)c(Cl)c1. The number of hydrogen-bond acceptors (Lipinski definition) is 1. The molecule has 0 saturated heterocycles. The van der Waals surface area contributed by atoms with Crippen LogP contribution in [0.5, 0.6) is 0 Å². The van der Waals surface area contributed by atoms with Gasteiger partial charge in [0.15, 0.2) is 0 Å². The summed E-state index contributed by atoms with van der Waals surface area (Å²) < 4.78 is 0.929. The minimum atomic E-state index is -0.136. The highest BCUT2D eigenvalue weighted by Gasteiger charge is 2.16. The molecule has 1 rings (SSSR count). The van der Waals surface area contributed by atoms with Gasteiger partial charge in [0.1, 0.15) is 0 Å². The van der Waals surface area contributed by atoms with Crippen molar-refractivity contribution in [3.8, 4) is 0 Å². The summed E-state index contributed by atoms with van der Waals surface area (Å²) in [5.41, 5.74) is 0.561. The monoisotopic (exact) mass is 385 g/mol. The molecular weight excluding hydrogens is 372 g/mol. The summed E-state index contributed by atoms with van der Waals surface area (Å²) in [6.07, 6.45) is 0. The molecule has 0 saturated carbocycles. The van der Waals surface area contributed by atoms with E-state index < -0.39 is 0 Å². The van der Waals surface area contributed by atoms with E-state index in [0.29, 0.717) is 22.4 Å². The molecule has 0 aliphatic carbocycles. The minimum Gasteiger partial charge on any atom is -0.348 e. The van der Waals surface area contributed by atoms with Crippen LogP contribution in [-0.4, -0.2) is 17.8 Å². The fraction of sp³-hybridized carbons (Fsp3) is 0.417. The summed E-state index contributed by atoms with van der Waals surface area (Å²) >= 11 is 13.9. The quantitative estimate of drug-likeness (QED) is 0.617. The topological polar surface area (TPSA) is 29.1 Å². The first-order valence-electron chi connectivity index (χ1n) is 5.27. The lowest BCUT2D eigenvalue weighted by molar-refractivity contribution is 0.0931. The van der Waals surface area contributed by atoms with Gasteiger partial charge in [-0.25, -0.2) is 0 Å². The van der Waals surface area contributed by atoms with Crippen LogP contribution in [0.25, 0.3) is 0 Å². The van der Waals surface area contributed by atoms with Crippen LogP contribution in [-0.2, 0) is 0 Å². The molecule has 0 aliphatic heterocycles. The van der Waals surface area contributed by atoms with Crippen molar-refractivity contribution in [1.82, 2.24) is 5.32 Å². The second-order valence-corrected chi connectivity index (χ2v) is 5.99. The van der Waals surface area contributed by atoms with E-state index in [1.165, 1.54) is 0 Å². The van der Waals surface area contributed by atoms with Gasteiger partial charge in [-0.15, -0.1) is 11.6 Å². The van der Waals surface area contributed by atoms with Crippen LogP contribution in [0.2, 0.25) is 5.02 Å². The standard InChI is InChI=1S/C12H14Cl2INO/c1-7(2)11(6-13)16-12(17)8-3-4-10(15)9(14)5-8/h3-5,7,11H,6H2,1-2H3,(H,16,17). The van der Waals surface area contributed by atoms with Gasteiger partial charge in [-0.1, -0.05) is 25.4 Å². The van der Waals surface area contributed by atoms with Crippen LogP contribution in [0.4, 0.5) is 0 Å². The summed E-state index contributed by atoms with van der Waals surface area (Å²) in [5, 5.41) is 3.49. The minimum absolute atomic E-state index is 0.0257. The van der Waals surface area contributed by atoms with E-state index in [0.717, 1.165) is 3.57 Å². The smallest absolute Gasteiger partial charge is 0.251 e. The third-order valence-corrected chi connectivity index (χ3v) is 4.37. The third kappa shape index (κ3) is 4.30. The lowest BCUT2D eigenvalue weighted by atomic mass is 10.1. The van der Waals surface area contributed by atoms with E-state index in [4.69, 9.17) is 23.2 Å². The van der Waals surface area contributed by atoms with Crippen molar-refractivity contribution < 1.29 is 4.79 Å². The predicted molar refractivity (Wildman–Crippen MR) is 81.0 cm³/mol. The fourth-order valence-corrected chi connectivity index (χ4v) is 2.22. The first kappa shape index (κ1) is 15.1. The molecule has 1 amide bonds. The molecular formula is C12H14Cl2INO. The van der Waals surface area contributed by atoms with E-state index in [1.807, 2.05) is 19.9 Å². The first-order chi connectivity index (χ1) is 7.95.